The van der Waals surface area contributed by atoms with Crippen LogP contribution < -0.4 is 10.9 Å². The van der Waals surface area contributed by atoms with Gasteiger partial charge in [0.05, 0.1) is 0 Å². The summed E-state index contributed by atoms with van der Waals surface area (Å²) < 4.78 is 0. The molecule has 0 aliphatic rings. The number of carbonyl (C=O) groups excluding carboxylic acids is 1. The molecule has 0 aromatic carbocycles. The van der Waals surface area contributed by atoms with Gasteiger partial charge in [-0.15, -0.1) is 0 Å². The Bertz CT molecular complexity index is 173. The molecule has 0 aliphatic carbocycles. The Kier molecular flexibility index (Phi) is 7.39. The van der Waals surface area contributed by atoms with Crippen LogP contribution in [0.1, 0.15) is 66.2 Å². The number of amides is 1. The summed E-state index contributed by atoms with van der Waals surface area (Å²) in [4.78, 5) is 11.3. The third-order valence-corrected chi connectivity index (χ3v) is 2.08. The summed E-state index contributed by atoms with van der Waals surface area (Å²) in [5.74, 6) is 0.0985. The Morgan fingerprint density at radius 1 is 1.07 bits per heavy atom. The van der Waals surface area contributed by atoms with Gasteiger partial charge in [0.2, 0.25) is 5.91 Å². The maximum Gasteiger partial charge on any atom is 0.234 e. The summed E-state index contributed by atoms with van der Waals surface area (Å²) in [5, 5.41) is 0. The van der Waals surface area contributed by atoms with Crippen LogP contribution in [-0.4, -0.2) is 11.4 Å². The Morgan fingerprint density at radius 2 is 1.67 bits per heavy atom. The lowest BCUT2D eigenvalue weighted by molar-refractivity contribution is -0.122. The highest BCUT2D eigenvalue weighted by Gasteiger charge is 2.09. The Labute approximate surface area is 94.0 Å². The van der Waals surface area contributed by atoms with E-state index in [1.54, 1.807) is 0 Å². The molecule has 0 rings (SSSR count). The number of nitrogens with one attached hydrogen (secondary N) is 2. The normalized spacial score (nSPS) is 11.5. The van der Waals surface area contributed by atoms with Gasteiger partial charge in [0.25, 0.3) is 0 Å². The van der Waals surface area contributed by atoms with Gasteiger partial charge in [0, 0.05) is 12.0 Å². The average molecular weight is 214 g/mol. The van der Waals surface area contributed by atoms with Crippen LogP contribution in [0.2, 0.25) is 0 Å². The van der Waals surface area contributed by atoms with E-state index in [2.05, 4.69) is 17.8 Å². The van der Waals surface area contributed by atoms with Crippen molar-refractivity contribution < 1.29 is 4.79 Å². The molecule has 90 valence electrons. The van der Waals surface area contributed by atoms with Gasteiger partial charge in [-0.05, 0) is 27.2 Å². The Hall–Kier alpha value is -0.570. The van der Waals surface area contributed by atoms with Gasteiger partial charge in [-0.25, -0.2) is 5.43 Å². The first kappa shape index (κ1) is 14.4. The zero-order chi connectivity index (χ0) is 11.7. The molecule has 0 spiro atoms. The highest BCUT2D eigenvalue weighted by molar-refractivity contribution is 5.75. The van der Waals surface area contributed by atoms with Crippen molar-refractivity contribution in [2.24, 2.45) is 0 Å². The van der Waals surface area contributed by atoms with Crippen molar-refractivity contribution in [3.63, 3.8) is 0 Å². The van der Waals surface area contributed by atoms with Crippen molar-refractivity contribution in [2.75, 3.05) is 0 Å². The number of hydrogen-bond acceptors (Lipinski definition) is 2. The molecule has 3 nitrogen and oxygen atoms in total. The topological polar surface area (TPSA) is 41.1 Å². The van der Waals surface area contributed by atoms with Gasteiger partial charge < -0.3 is 0 Å². The lowest BCUT2D eigenvalue weighted by Gasteiger charge is -2.20. The standard InChI is InChI=1S/C12H26N2O/c1-5-6-7-8-9-10-11(15)13-14-12(2,3)4/h14H,5-10H2,1-4H3,(H,13,15). The molecule has 0 bridgehead atoms. The first-order valence-electron chi connectivity index (χ1n) is 6.01. The molecule has 3 heteroatoms. The van der Waals surface area contributed by atoms with E-state index in [0.29, 0.717) is 6.42 Å². The molecule has 0 saturated heterocycles. The molecular weight excluding hydrogens is 188 g/mol. The zero-order valence-electron chi connectivity index (χ0n) is 10.7. The fourth-order valence-electron chi connectivity index (χ4n) is 1.21. The molecule has 15 heavy (non-hydrogen) atoms. The van der Waals surface area contributed by atoms with E-state index >= 15 is 0 Å². The predicted octanol–water partition coefficient (Wildman–Crippen LogP) is 2.77. The van der Waals surface area contributed by atoms with Crippen LogP contribution in [-0.2, 0) is 4.79 Å². The van der Waals surface area contributed by atoms with Crippen LogP contribution >= 0.6 is 0 Å². The van der Waals surface area contributed by atoms with E-state index in [9.17, 15) is 4.79 Å². The molecule has 0 aromatic heterocycles. The molecule has 0 unspecified atom stereocenters. The van der Waals surface area contributed by atoms with E-state index in [4.69, 9.17) is 0 Å². The minimum atomic E-state index is -0.0577. The fraction of sp³-hybridized carbons (Fsp3) is 0.917. The van der Waals surface area contributed by atoms with Gasteiger partial charge in [-0.3, -0.25) is 10.2 Å². The smallest absolute Gasteiger partial charge is 0.234 e. The summed E-state index contributed by atoms with van der Waals surface area (Å²) in [7, 11) is 0. The highest BCUT2D eigenvalue weighted by atomic mass is 16.2. The van der Waals surface area contributed by atoms with E-state index in [-0.39, 0.29) is 11.4 Å². The summed E-state index contributed by atoms with van der Waals surface area (Å²) in [6, 6.07) is 0. The summed E-state index contributed by atoms with van der Waals surface area (Å²) in [6.07, 6.45) is 6.57. The average Bonchev–Trinajstić information content (AvgIpc) is 2.13. The monoisotopic (exact) mass is 214 g/mol. The van der Waals surface area contributed by atoms with Crippen molar-refractivity contribution in [1.29, 1.82) is 0 Å². The van der Waals surface area contributed by atoms with Crippen LogP contribution in [0.4, 0.5) is 0 Å². The maximum absolute atomic E-state index is 11.3. The van der Waals surface area contributed by atoms with Crippen molar-refractivity contribution in [3.8, 4) is 0 Å². The Balaban J connectivity index is 3.34. The van der Waals surface area contributed by atoms with E-state index in [0.717, 1.165) is 12.8 Å². The van der Waals surface area contributed by atoms with E-state index in [1.807, 2.05) is 20.8 Å². The minimum absolute atomic E-state index is 0.0577. The zero-order valence-corrected chi connectivity index (χ0v) is 10.7. The fourth-order valence-corrected chi connectivity index (χ4v) is 1.21. The number of rotatable bonds is 7. The van der Waals surface area contributed by atoms with Crippen molar-refractivity contribution >= 4 is 5.91 Å². The molecule has 2 N–H and O–H groups in total. The second kappa shape index (κ2) is 7.69. The van der Waals surface area contributed by atoms with Crippen LogP contribution in [0.3, 0.4) is 0 Å². The number of hydrogen-bond donors (Lipinski definition) is 2. The van der Waals surface area contributed by atoms with Crippen LogP contribution in [0, 0.1) is 0 Å². The summed E-state index contributed by atoms with van der Waals surface area (Å²) in [5.41, 5.74) is 5.64. The predicted molar refractivity (Wildman–Crippen MR) is 64.4 cm³/mol. The first-order valence-corrected chi connectivity index (χ1v) is 6.01. The third kappa shape index (κ3) is 11.4. The van der Waals surface area contributed by atoms with E-state index < -0.39 is 0 Å². The first-order chi connectivity index (χ1) is 6.95. The lowest BCUT2D eigenvalue weighted by Crippen LogP contribution is -2.48. The molecular formula is C12H26N2O. The number of unbranched alkanes of at least 4 members (excludes halogenated alkanes) is 4. The molecule has 0 aliphatic heterocycles. The molecule has 0 aromatic rings. The number of carbonyl (C=O) groups is 1. The second-order valence-corrected chi connectivity index (χ2v) is 5.09. The maximum atomic E-state index is 11.3. The molecule has 0 atom stereocenters. The summed E-state index contributed by atoms with van der Waals surface area (Å²) >= 11 is 0. The van der Waals surface area contributed by atoms with Crippen molar-refractivity contribution in [1.82, 2.24) is 10.9 Å². The molecule has 0 radical (unpaired) electrons. The third-order valence-electron chi connectivity index (χ3n) is 2.08. The molecule has 0 saturated carbocycles. The van der Waals surface area contributed by atoms with Gasteiger partial charge >= 0.3 is 0 Å². The quantitative estimate of drug-likeness (QED) is 0.505. The van der Waals surface area contributed by atoms with Crippen molar-refractivity contribution in [3.05, 3.63) is 0 Å². The lowest BCUT2D eigenvalue weighted by atomic mass is 10.1. The van der Waals surface area contributed by atoms with E-state index in [1.165, 1.54) is 19.3 Å². The van der Waals surface area contributed by atoms with Crippen LogP contribution in [0.25, 0.3) is 0 Å². The van der Waals surface area contributed by atoms with Gasteiger partial charge in [-0.1, -0.05) is 32.6 Å². The van der Waals surface area contributed by atoms with Gasteiger partial charge in [0.15, 0.2) is 0 Å². The molecule has 0 heterocycles. The molecule has 0 fully saturated rings. The summed E-state index contributed by atoms with van der Waals surface area (Å²) in [6.45, 7) is 8.26. The second-order valence-electron chi connectivity index (χ2n) is 5.09. The van der Waals surface area contributed by atoms with Crippen molar-refractivity contribution in [2.45, 2.75) is 71.8 Å². The minimum Gasteiger partial charge on any atom is -0.291 e. The Morgan fingerprint density at radius 3 is 2.20 bits per heavy atom. The number of hydrazine groups is 1. The largest absolute Gasteiger partial charge is 0.291 e. The molecule has 1 amide bonds. The van der Waals surface area contributed by atoms with Gasteiger partial charge in [-0.2, -0.15) is 0 Å². The van der Waals surface area contributed by atoms with Crippen LogP contribution in [0.5, 0.6) is 0 Å². The van der Waals surface area contributed by atoms with Gasteiger partial charge in [0.1, 0.15) is 0 Å². The SMILES string of the molecule is CCCCCCCC(=O)NNC(C)(C)C. The van der Waals surface area contributed by atoms with Crippen LogP contribution in [0.15, 0.2) is 0 Å². The highest BCUT2D eigenvalue weighted by Crippen LogP contribution is 2.04.